The molecule has 0 atom stereocenters. The quantitative estimate of drug-likeness (QED) is 0.506. The fourth-order valence-corrected chi connectivity index (χ4v) is 4.01. The van der Waals surface area contributed by atoms with Crippen LogP contribution in [-0.2, 0) is 5.75 Å². The normalized spacial score (nSPS) is 10.4. The summed E-state index contributed by atoms with van der Waals surface area (Å²) >= 11 is 0. The number of rotatable bonds is 7. The Bertz CT molecular complexity index is 816. The minimum Gasteiger partial charge on any atom is -0.508 e. The number of benzene rings is 2. The Morgan fingerprint density at radius 2 is 1.68 bits per heavy atom. The highest BCUT2D eigenvalue weighted by Crippen LogP contribution is 2.33. The van der Waals surface area contributed by atoms with Gasteiger partial charge in [0.25, 0.3) is 0 Å². The van der Waals surface area contributed by atoms with Crippen LogP contribution < -0.4 is 4.74 Å². The molecule has 0 amide bonds. The van der Waals surface area contributed by atoms with Crippen LogP contribution in [0.4, 0.5) is 0 Å². The van der Waals surface area contributed by atoms with Crippen molar-refractivity contribution in [3.05, 3.63) is 84.6 Å². The number of phenols is 1. The average molecular weight is 367 g/mol. The van der Waals surface area contributed by atoms with Gasteiger partial charge in [-0.25, -0.2) is 4.98 Å². The molecule has 3 aromatic rings. The molecule has 1 aromatic heterocycles. The second-order valence-electron chi connectivity index (χ2n) is 5.22. The molecule has 0 aliphatic rings. The Hall–Kier alpha value is -2.37. The van der Waals surface area contributed by atoms with Crippen molar-refractivity contribution >= 4 is 27.7 Å². The zero-order chi connectivity index (χ0) is 17.5. The SMILES string of the molecule is C=Cc1ccc(Oc2ccc(SSCc3ccc(O)cc3)nc2)cc1. The maximum atomic E-state index is 9.28. The number of phenolic OH excluding ortho intramolecular Hbond substituents is 1. The van der Waals surface area contributed by atoms with Crippen molar-refractivity contribution in [2.45, 2.75) is 10.8 Å². The van der Waals surface area contributed by atoms with Crippen molar-refractivity contribution in [3.63, 3.8) is 0 Å². The molecule has 2 aromatic carbocycles. The highest BCUT2D eigenvalue weighted by atomic mass is 33.1. The van der Waals surface area contributed by atoms with Crippen molar-refractivity contribution in [2.75, 3.05) is 0 Å². The number of aromatic hydroxyl groups is 1. The van der Waals surface area contributed by atoms with Crippen LogP contribution in [0.15, 0.2) is 78.5 Å². The van der Waals surface area contributed by atoms with E-state index < -0.39 is 0 Å². The molecule has 126 valence electrons. The molecule has 0 aliphatic heterocycles. The van der Waals surface area contributed by atoms with E-state index in [2.05, 4.69) is 11.6 Å². The molecule has 3 nitrogen and oxygen atoms in total. The summed E-state index contributed by atoms with van der Waals surface area (Å²) in [5.74, 6) is 2.62. The Morgan fingerprint density at radius 1 is 0.960 bits per heavy atom. The highest BCUT2D eigenvalue weighted by molar-refractivity contribution is 8.76. The van der Waals surface area contributed by atoms with Gasteiger partial charge in [0.05, 0.1) is 6.20 Å². The number of hydrogen-bond acceptors (Lipinski definition) is 5. The van der Waals surface area contributed by atoms with Crippen molar-refractivity contribution in [2.24, 2.45) is 0 Å². The summed E-state index contributed by atoms with van der Waals surface area (Å²) in [6.07, 6.45) is 3.53. The van der Waals surface area contributed by atoms with Gasteiger partial charge >= 0.3 is 0 Å². The van der Waals surface area contributed by atoms with Crippen LogP contribution >= 0.6 is 21.6 Å². The fourth-order valence-electron chi connectivity index (χ4n) is 2.03. The van der Waals surface area contributed by atoms with Gasteiger partial charge in [-0.15, -0.1) is 0 Å². The molecular weight excluding hydrogens is 350 g/mol. The van der Waals surface area contributed by atoms with E-state index in [-0.39, 0.29) is 5.75 Å². The van der Waals surface area contributed by atoms with E-state index in [1.807, 2.05) is 48.5 Å². The predicted octanol–water partition coefficient (Wildman–Crippen LogP) is 6.16. The standard InChI is InChI=1S/C20H17NO2S2/c1-2-15-5-9-18(10-6-15)23-19-11-12-20(21-13-19)25-24-14-16-3-7-17(22)8-4-16/h2-13,22H,1,14H2. The molecule has 0 spiro atoms. The molecule has 0 unspecified atom stereocenters. The van der Waals surface area contributed by atoms with E-state index in [4.69, 9.17) is 4.74 Å². The number of hydrogen-bond donors (Lipinski definition) is 1. The van der Waals surface area contributed by atoms with Crippen LogP contribution in [-0.4, -0.2) is 10.1 Å². The lowest BCUT2D eigenvalue weighted by Crippen LogP contribution is -1.86. The highest BCUT2D eigenvalue weighted by Gasteiger charge is 2.01. The summed E-state index contributed by atoms with van der Waals surface area (Å²) < 4.78 is 5.78. The van der Waals surface area contributed by atoms with E-state index in [1.165, 1.54) is 5.56 Å². The molecule has 0 aliphatic carbocycles. The molecule has 25 heavy (non-hydrogen) atoms. The molecule has 0 saturated carbocycles. The Kier molecular flexibility index (Phi) is 6.04. The van der Waals surface area contributed by atoms with Gasteiger partial charge in [-0.2, -0.15) is 0 Å². The lowest BCUT2D eigenvalue weighted by Gasteiger charge is -2.06. The third-order valence-electron chi connectivity index (χ3n) is 3.37. The number of ether oxygens (including phenoxy) is 1. The third kappa shape index (κ3) is 5.31. The van der Waals surface area contributed by atoms with E-state index in [0.717, 1.165) is 22.1 Å². The summed E-state index contributed by atoms with van der Waals surface area (Å²) in [5.41, 5.74) is 2.22. The smallest absolute Gasteiger partial charge is 0.145 e. The first-order valence-corrected chi connectivity index (χ1v) is 9.98. The van der Waals surface area contributed by atoms with Gasteiger partial charge in [0.15, 0.2) is 0 Å². The van der Waals surface area contributed by atoms with Crippen LogP contribution in [0.1, 0.15) is 11.1 Å². The van der Waals surface area contributed by atoms with E-state index in [9.17, 15) is 5.11 Å². The minimum atomic E-state index is 0.290. The number of aromatic nitrogens is 1. The average Bonchev–Trinajstić information content (AvgIpc) is 2.65. The Balaban J connectivity index is 1.51. The van der Waals surface area contributed by atoms with Gasteiger partial charge in [0.2, 0.25) is 0 Å². The lowest BCUT2D eigenvalue weighted by atomic mass is 10.2. The predicted molar refractivity (Wildman–Crippen MR) is 106 cm³/mol. The van der Waals surface area contributed by atoms with Gasteiger partial charge in [0.1, 0.15) is 22.3 Å². The first-order chi connectivity index (χ1) is 12.2. The van der Waals surface area contributed by atoms with Crippen LogP contribution in [0, 0.1) is 0 Å². The monoisotopic (exact) mass is 367 g/mol. The van der Waals surface area contributed by atoms with Crippen LogP contribution in [0.3, 0.4) is 0 Å². The summed E-state index contributed by atoms with van der Waals surface area (Å²) in [6.45, 7) is 3.74. The molecule has 1 heterocycles. The molecular formula is C20H17NO2S2. The minimum absolute atomic E-state index is 0.290. The fraction of sp³-hybridized carbons (Fsp3) is 0.0500. The van der Waals surface area contributed by atoms with Crippen molar-refractivity contribution in [3.8, 4) is 17.2 Å². The van der Waals surface area contributed by atoms with E-state index in [1.54, 1.807) is 46.0 Å². The van der Waals surface area contributed by atoms with Crippen LogP contribution in [0.5, 0.6) is 17.2 Å². The second-order valence-corrected chi connectivity index (χ2v) is 7.54. The molecule has 5 heteroatoms. The van der Waals surface area contributed by atoms with Crippen LogP contribution in [0.2, 0.25) is 0 Å². The van der Waals surface area contributed by atoms with Gasteiger partial charge in [-0.1, -0.05) is 47.7 Å². The zero-order valence-electron chi connectivity index (χ0n) is 13.5. The van der Waals surface area contributed by atoms with Crippen molar-refractivity contribution in [1.82, 2.24) is 4.98 Å². The number of nitrogens with zero attached hydrogens (tertiary/aromatic N) is 1. The second kappa shape index (κ2) is 8.65. The van der Waals surface area contributed by atoms with Crippen LogP contribution in [0.25, 0.3) is 6.08 Å². The third-order valence-corrected chi connectivity index (χ3v) is 5.57. The Labute approximate surface area is 155 Å². The van der Waals surface area contributed by atoms with Gasteiger partial charge in [0, 0.05) is 5.75 Å². The largest absolute Gasteiger partial charge is 0.508 e. The summed E-state index contributed by atoms with van der Waals surface area (Å²) in [4.78, 5) is 4.41. The molecule has 0 saturated heterocycles. The molecule has 0 bridgehead atoms. The molecule has 3 rings (SSSR count). The summed E-state index contributed by atoms with van der Waals surface area (Å²) in [5, 5.41) is 10.2. The first kappa shape index (κ1) is 17.5. The van der Waals surface area contributed by atoms with Gasteiger partial charge < -0.3 is 9.84 Å². The van der Waals surface area contributed by atoms with Gasteiger partial charge in [-0.05, 0) is 58.3 Å². The number of pyridine rings is 1. The van der Waals surface area contributed by atoms with Crippen molar-refractivity contribution in [1.29, 1.82) is 0 Å². The first-order valence-electron chi connectivity index (χ1n) is 7.67. The molecule has 0 fully saturated rings. The Morgan fingerprint density at radius 3 is 2.32 bits per heavy atom. The maximum Gasteiger partial charge on any atom is 0.145 e. The molecule has 0 radical (unpaired) electrons. The zero-order valence-corrected chi connectivity index (χ0v) is 15.1. The summed E-state index contributed by atoms with van der Waals surface area (Å²) in [7, 11) is 3.32. The molecule has 1 N–H and O–H groups in total. The van der Waals surface area contributed by atoms with E-state index in [0.29, 0.717) is 5.75 Å². The van der Waals surface area contributed by atoms with Gasteiger partial charge in [-0.3, -0.25) is 0 Å². The van der Waals surface area contributed by atoms with Crippen molar-refractivity contribution < 1.29 is 9.84 Å². The summed E-state index contributed by atoms with van der Waals surface area (Å²) in [6, 6.07) is 18.8. The topological polar surface area (TPSA) is 42.4 Å². The lowest BCUT2D eigenvalue weighted by molar-refractivity contribution is 0.475. The maximum absolute atomic E-state index is 9.28. The van der Waals surface area contributed by atoms with E-state index >= 15 is 0 Å².